The van der Waals surface area contributed by atoms with E-state index >= 15 is 0 Å². The smallest absolute Gasteiger partial charge is 1.00 e. The zero-order valence-corrected chi connectivity index (χ0v) is 57.7. The average Bonchev–Trinajstić information content (AvgIpc) is 1.69. The third-order valence-corrected chi connectivity index (χ3v) is 23.9. The van der Waals surface area contributed by atoms with E-state index in [1.165, 1.54) is 117 Å². The van der Waals surface area contributed by atoms with E-state index < -0.39 is 36.7 Å². The molecule has 2 N–H and O–H groups in total. The number of carbonyl (C=O) groups excluding carboxylic acids is 2. The number of halogens is 1. The molecule has 0 spiro atoms. The second-order valence-corrected chi connectivity index (χ2v) is 29.3. The normalized spacial score (nSPS) is 34.1. The summed E-state index contributed by atoms with van der Waals surface area (Å²) >= 11 is 0. The first-order chi connectivity index (χ1) is 41.6. The van der Waals surface area contributed by atoms with Crippen LogP contribution >= 0.6 is 0 Å². The number of ether oxygens (including phenoxy) is 1. The SMILES string of the molecule is C1CCOC1.CON(C)C(=O)[C@H]1CC[C@H]2[C@@H]3CC[C@H]4C[C@](C)(O)CC[C@@H]4[C@H]3CC[C@]12C.C[C@@]1(O)CC[C@H]2[C@@H](CC[C@@H]3[C@@H]2CC[C@]2(C)[C@@H](C(=O)c4ccc(-c5ccccc5)cc4)CC[C@@H]32)C1.[B]B([B])B(B([B])[B])B([B])[B].[Br-].[Mg+2].[c-]1ccc(-c2ccccc2)cc1. The van der Waals surface area contributed by atoms with Crippen molar-refractivity contribution in [3.8, 4) is 22.3 Å². The Morgan fingerprint density at radius 1 is 0.528 bits per heavy atom. The molecule has 9 aliphatic rings. The first kappa shape index (κ1) is 74.2. The van der Waals surface area contributed by atoms with Gasteiger partial charge in [0, 0.05) is 110 Å². The van der Waals surface area contributed by atoms with E-state index in [0.29, 0.717) is 17.6 Å². The second kappa shape index (κ2) is 32.9. The van der Waals surface area contributed by atoms with Gasteiger partial charge in [0.25, 0.3) is 0 Å². The summed E-state index contributed by atoms with van der Waals surface area (Å²) in [5.41, 5.74) is 5.20. The largest absolute Gasteiger partial charge is 2.00 e. The van der Waals surface area contributed by atoms with Gasteiger partial charge in [0.15, 0.2) is 5.78 Å². The van der Waals surface area contributed by atoms with Gasteiger partial charge < -0.3 is 31.9 Å². The molecule has 12 radical (unpaired) electrons. The predicted octanol–water partition coefficient (Wildman–Crippen LogP) is 8.35. The van der Waals surface area contributed by atoms with Crippen molar-refractivity contribution < 1.29 is 46.4 Å². The van der Waals surface area contributed by atoms with Gasteiger partial charge in [-0.05, 0) is 229 Å². The van der Waals surface area contributed by atoms with Gasteiger partial charge in [-0.1, -0.05) is 98.8 Å². The number of carbonyl (C=O) groups is 2. The minimum Gasteiger partial charge on any atom is -1.00 e. The minimum absolute atomic E-state index is 0. The maximum Gasteiger partial charge on any atom is 2.00 e. The van der Waals surface area contributed by atoms with Crippen LogP contribution in [0.3, 0.4) is 0 Å². The number of Topliss-reactive ketones (excluding diaryl/α,β-unsaturated/α-hetero) is 1. The number of nitrogens with zero attached hydrogens (tertiary/aromatic N) is 1. The number of hydroxylamine groups is 2. The molecular formula is C70H94B10BrMgNO6. The van der Waals surface area contributed by atoms with E-state index in [9.17, 15) is 19.8 Å². The number of rotatable bonds is 9. The molecule has 1 heterocycles. The van der Waals surface area contributed by atoms with E-state index in [-0.39, 0.29) is 68.6 Å². The molecule has 1 aliphatic heterocycles. The first-order valence-electron chi connectivity index (χ1n) is 33.6. The van der Waals surface area contributed by atoms with Crippen molar-refractivity contribution in [2.75, 3.05) is 27.4 Å². The van der Waals surface area contributed by atoms with Gasteiger partial charge in [0.05, 0.1) is 18.3 Å². The van der Waals surface area contributed by atoms with Crippen LogP contribution < -0.4 is 17.0 Å². The van der Waals surface area contributed by atoms with Crippen LogP contribution in [-0.4, -0.2) is 161 Å². The van der Waals surface area contributed by atoms with Crippen LogP contribution in [0.2, 0.25) is 0 Å². The Morgan fingerprint density at radius 3 is 1.34 bits per heavy atom. The summed E-state index contributed by atoms with van der Waals surface area (Å²) in [5, 5.41) is 22.6. The number of benzene rings is 4. The van der Waals surface area contributed by atoms with Gasteiger partial charge in [-0.2, -0.15) is 30.3 Å². The number of ketones is 1. The molecule has 0 unspecified atom stereocenters. The van der Waals surface area contributed by atoms with E-state index in [1.54, 1.807) is 14.2 Å². The molecule has 8 saturated carbocycles. The van der Waals surface area contributed by atoms with Crippen LogP contribution in [-0.2, 0) is 14.4 Å². The zero-order chi connectivity index (χ0) is 62.3. The van der Waals surface area contributed by atoms with Gasteiger partial charge in [-0.15, -0.1) is 5.56 Å². The molecular weight excluding hydrogens is 1160 g/mol. The number of amides is 1. The number of aliphatic hydroxyl groups is 2. The van der Waals surface area contributed by atoms with Crippen molar-refractivity contribution in [3.63, 3.8) is 0 Å². The summed E-state index contributed by atoms with van der Waals surface area (Å²) in [4.78, 5) is 31.9. The molecule has 1 saturated heterocycles. The van der Waals surface area contributed by atoms with Crippen molar-refractivity contribution in [2.45, 2.75) is 167 Å². The summed E-state index contributed by atoms with van der Waals surface area (Å²) in [5.74, 6) is 8.57. The van der Waals surface area contributed by atoms with Crippen molar-refractivity contribution in [2.24, 2.45) is 81.8 Å². The van der Waals surface area contributed by atoms with Crippen LogP contribution in [0.4, 0.5) is 0 Å². The van der Waals surface area contributed by atoms with Gasteiger partial charge in [0.2, 0.25) is 5.91 Å². The van der Waals surface area contributed by atoms with Crippen LogP contribution in [0.15, 0.2) is 109 Å². The van der Waals surface area contributed by atoms with Gasteiger partial charge >= 0.3 is 23.1 Å². The summed E-state index contributed by atoms with van der Waals surface area (Å²) in [6.07, 6.45) is 21.2. The van der Waals surface area contributed by atoms with E-state index in [0.717, 1.165) is 105 Å². The van der Waals surface area contributed by atoms with Crippen LogP contribution in [0, 0.1) is 87.9 Å². The van der Waals surface area contributed by atoms with E-state index in [4.69, 9.17) is 56.0 Å². The molecule has 0 aromatic heterocycles. The number of hydrogen-bond donors (Lipinski definition) is 2. The molecule has 16 atom stereocenters. The minimum atomic E-state index is -0.667. The molecule has 9 fully saturated rings. The Kier molecular flexibility index (Phi) is 27.4. The van der Waals surface area contributed by atoms with Crippen molar-refractivity contribution in [1.29, 1.82) is 0 Å². The summed E-state index contributed by atoms with van der Waals surface area (Å²) in [6.45, 7) is 10.9. The van der Waals surface area contributed by atoms with Crippen LogP contribution in [0.1, 0.15) is 166 Å². The average molecular weight is 1260 g/mol. The zero-order valence-electron chi connectivity index (χ0n) is 54.7. The maximum absolute atomic E-state index is 13.8. The van der Waals surface area contributed by atoms with Crippen molar-refractivity contribution in [1.82, 2.24) is 5.06 Å². The fourth-order valence-corrected chi connectivity index (χ4v) is 19.5. The number of hydrogen-bond acceptors (Lipinski definition) is 6. The second-order valence-electron chi connectivity index (χ2n) is 29.3. The Balaban J connectivity index is 0.000000180. The molecule has 4 aromatic carbocycles. The molecule has 8 aliphatic carbocycles. The quantitative estimate of drug-likeness (QED) is 0.0758. The summed E-state index contributed by atoms with van der Waals surface area (Å²) in [6, 6.07) is 40.1. The van der Waals surface area contributed by atoms with Gasteiger partial charge in [-0.25, -0.2) is 5.06 Å². The Bertz CT molecular complexity index is 2750. The van der Waals surface area contributed by atoms with Crippen molar-refractivity contribution >= 4 is 107 Å². The molecule has 7 nitrogen and oxygen atoms in total. The Labute approximate surface area is 573 Å². The molecule has 1 amide bonds. The molecule has 13 rings (SSSR count). The molecule has 19 heteroatoms. The van der Waals surface area contributed by atoms with E-state index in [2.05, 4.69) is 92.7 Å². The fourth-order valence-electron chi connectivity index (χ4n) is 19.5. The van der Waals surface area contributed by atoms with E-state index in [1.807, 2.05) is 50.2 Å². The molecule has 0 bridgehead atoms. The van der Waals surface area contributed by atoms with Crippen molar-refractivity contribution in [3.05, 3.63) is 121 Å². The maximum atomic E-state index is 13.8. The Hall–Kier alpha value is -2.24. The van der Waals surface area contributed by atoms with Gasteiger partial charge in [-0.3, -0.25) is 14.4 Å². The topological polar surface area (TPSA) is 96.3 Å². The predicted molar refractivity (Wildman–Crippen MR) is 372 cm³/mol. The molecule has 4 aromatic rings. The first-order valence-corrected chi connectivity index (χ1v) is 33.6. The third kappa shape index (κ3) is 17.6. The Morgan fingerprint density at radius 2 is 0.933 bits per heavy atom. The van der Waals surface area contributed by atoms with Crippen LogP contribution in [0.25, 0.3) is 22.3 Å². The molecule has 89 heavy (non-hydrogen) atoms. The fraction of sp³-hybridized carbons (Fsp3) is 0.629. The monoisotopic (exact) mass is 1260 g/mol. The number of fused-ring (bicyclic) bond motifs is 10. The summed E-state index contributed by atoms with van der Waals surface area (Å²) < 4.78 is 4.94. The summed E-state index contributed by atoms with van der Waals surface area (Å²) in [7, 11) is 35.1. The standard InChI is InChI=1S/C32H40O2.C22H37NO3.C12H9.C4H8O.B10.BrH.Mg/c1-31(34)18-16-25-24(20-31)12-13-27-26(25)17-19-32(2)28(27)14-15-29(32)30(33)23-10-8-22(9-11-23)21-6-4-3-5-7-21;1-21(25)11-9-15-14(13-21)5-6-17-16(15)10-12-22(2)18(17)7-8-19(22)20(24)23(3)26-4;1-3-7-11(8-4-1)12-9-5-2-6-10-12;1-2-4-5-3-1;1-7(2)10(8(3)4)9(5)6;;/h3-11,24-29,34H,12-20H2,1-2H3;14-19,25H,5-13H2,1-4H3;1,3-10H;1-4H2;;1H;/q;;-1;;;;+2/p-1/t24-,25-,26+,27+,28-,29+,31+,32-;14-,15-,16+,17+,18-,19+,21+,22-;;;;;/m00...../s1. The third-order valence-electron chi connectivity index (χ3n) is 23.9. The van der Waals surface area contributed by atoms with Gasteiger partial charge in [0.1, 0.15) is 0 Å². The molecule has 454 valence electrons. The van der Waals surface area contributed by atoms with Crippen LogP contribution in [0.5, 0.6) is 0 Å².